The van der Waals surface area contributed by atoms with Crippen molar-refractivity contribution < 1.29 is 19.6 Å². The van der Waals surface area contributed by atoms with E-state index in [9.17, 15) is 19.7 Å². The minimum Gasteiger partial charge on any atom is -0.396 e. The monoisotopic (exact) mass is 293 g/mol. The third-order valence-electron chi connectivity index (χ3n) is 3.54. The van der Waals surface area contributed by atoms with Gasteiger partial charge in [-0.25, -0.2) is 5.01 Å². The minimum absolute atomic E-state index is 0.108. The lowest BCUT2D eigenvalue weighted by atomic mass is 9.98. The summed E-state index contributed by atoms with van der Waals surface area (Å²) in [6.07, 6.45) is 0.275. The van der Waals surface area contributed by atoms with Crippen LogP contribution in [0.4, 0.5) is 5.69 Å². The van der Waals surface area contributed by atoms with E-state index in [1.165, 1.54) is 29.3 Å². The van der Waals surface area contributed by atoms with Crippen LogP contribution in [0.3, 0.4) is 0 Å². The van der Waals surface area contributed by atoms with Gasteiger partial charge in [-0.05, 0) is 25.5 Å². The highest BCUT2D eigenvalue weighted by Gasteiger charge is 2.40. The molecule has 1 aliphatic heterocycles. The molecule has 0 radical (unpaired) electrons. The number of carbonyl (C=O) groups is 2. The first-order valence-corrected chi connectivity index (χ1v) is 6.45. The van der Waals surface area contributed by atoms with Gasteiger partial charge >= 0.3 is 0 Å². The van der Waals surface area contributed by atoms with Gasteiger partial charge in [-0.3, -0.25) is 25.1 Å². The highest BCUT2D eigenvalue weighted by atomic mass is 16.6. The number of nitro groups is 1. The van der Waals surface area contributed by atoms with Crippen LogP contribution in [0.15, 0.2) is 24.3 Å². The van der Waals surface area contributed by atoms with Gasteiger partial charge in [0.25, 0.3) is 11.6 Å². The molecule has 2 atom stereocenters. The molecule has 112 valence electrons. The second-order valence-electron chi connectivity index (χ2n) is 4.81. The molecule has 0 aromatic heterocycles. The summed E-state index contributed by atoms with van der Waals surface area (Å²) in [7, 11) is 0. The highest BCUT2D eigenvalue weighted by Crippen LogP contribution is 2.23. The molecule has 2 unspecified atom stereocenters. The van der Waals surface area contributed by atoms with Gasteiger partial charge < -0.3 is 5.11 Å². The molecule has 1 heterocycles. The maximum Gasteiger partial charge on any atom is 0.272 e. The fourth-order valence-corrected chi connectivity index (χ4v) is 2.31. The Kier molecular flexibility index (Phi) is 4.18. The summed E-state index contributed by atoms with van der Waals surface area (Å²) in [6.45, 7) is 1.57. The Hall–Kier alpha value is -2.48. The molecule has 21 heavy (non-hydrogen) atoms. The molecule has 1 fully saturated rings. The third-order valence-corrected chi connectivity index (χ3v) is 3.54. The SMILES string of the molecule is CC1C(CCO)C(=O)NN1C(=O)c1ccc([N+](=O)[O-])cc1. The predicted octanol–water partition coefficient (Wildman–Crippen LogP) is 0.469. The summed E-state index contributed by atoms with van der Waals surface area (Å²) >= 11 is 0. The number of aliphatic hydroxyl groups excluding tert-OH is 1. The first kappa shape index (κ1) is 14.9. The van der Waals surface area contributed by atoms with Crippen LogP contribution in [0.2, 0.25) is 0 Å². The summed E-state index contributed by atoms with van der Waals surface area (Å²) in [5.41, 5.74) is 2.61. The maximum atomic E-state index is 12.3. The number of non-ortho nitro benzene ring substituents is 1. The van der Waals surface area contributed by atoms with E-state index in [4.69, 9.17) is 5.11 Å². The van der Waals surface area contributed by atoms with E-state index in [0.717, 1.165) is 0 Å². The van der Waals surface area contributed by atoms with E-state index in [-0.39, 0.29) is 30.2 Å². The predicted molar refractivity (Wildman–Crippen MR) is 72.1 cm³/mol. The lowest BCUT2D eigenvalue weighted by Gasteiger charge is -2.22. The van der Waals surface area contributed by atoms with Crippen LogP contribution in [0.1, 0.15) is 23.7 Å². The van der Waals surface area contributed by atoms with Crippen molar-refractivity contribution in [2.45, 2.75) is 19.4 Å². The zero-order valence-electron chi connectivity index (χ0n) is 11.4. The average Bonchev–Trinajstić information content (AvgIpc) is 2.75. The number of hydrazine groups is 1. The Labute approximate surface area is 120 Å². The van der Waals surface area contributed by atoms with Crippen molar-refractivity contribution >= 4 is 17.5 Å². The van der Waals surface area contributed by atoms with Gasteiger partial charge in [0.05, 0.1) is 16.9 Å². The van der Waals surface area contributed by atoms with Gasteiger partial charge in [0.2, 0.25) is 5.91 Å². The zero-order valence-corrected chi connectivity index (χ0v) is 11.4. The molecule has 2 rings (SSSR count). The number of nitrogens with one attached hydrogen (secondary N) is 1. The smallest absolute Gasteiger partial charge is 0.272 e. The molecule has 1 aliphatic rings. The third kappa shape index (κ3) is 2.84. The molecule has 0 bridgehead atoms. The number of rotatable bonds is 4. The number of nitro benzene ring substituents is 1. The van der Waals surface area contributed by atoms with Crippen molar-refractivity contribution in [3.63, 3.8) is 0 Å². The number of aliphatic hydroxyl groups is 1. The molecule has 1 aromatic rings. The highest BCUT2D eigenvalue weighted by molar-refractivity contribution is 5.97. The number of amides is 2. The molecule has 0 aliphatic carbocycles. The van der Waals surface area contributed by atoms with Crippen LogP contribution in [0.25, 0.3) is 0 Å². The van der Waals surface area contributed by atoms with Crippen molar-refractivity contribution in [1.82, 2.24) is 10.4 Å². The van der Waals surface area contributed by atoms with E-state index in [1.54, 1.807) is 6.92 Å². The van der Waals surface area contributed by atoms with Gasteiger partial charge in [-0.15, -0.1) is 0 Å². The number of hydrogen-bond acceptors (Lipinski definition) is 5. The number of benzene rings is 1. The summed E-state index contributed by atoms with van der Waals surface area (Å²) < 4.78 is 0. The van der Waals surface area contributed by atoms with Crippen LogP contribution in [0.5, 0.6) is 0 Å². The molecular weight excluding hydrogens is 278 g/mol. The number of nitrogens with zero attached hydrogens (tertiary/aromatic N) is 2. The van der Waals surface area contributed by atoms with Crippen molar-refractivity contribution in [2.24, 2.45) is 5.92 Å². The van der Waals surface area contributed by atoms with Crippen LogP contribution in [0, 0.1) is 16.0 Å². The molecule has 8 heteroatoms. The normalized spacial score (nSPS) is 21.2. The quantitative estimate of drug-likeness (QED) is 0.619. The number of hydrogen-bond donors (Lipinski definition) is 2. The van der Waals surface area contributed by atoms with Gasteiger partial charge in [0.15, 0.2) is 0 Å². The Morgan fingerprint density at radius 2 is 2.05 bits per heavy atom. The summed E-state index contributed by atoms with van der Waals surface area (Å²) in [4.78, 5) is 34.1. The van der Waals surface area contributed by atoms with Crippen LogP contribution in [-0.2, 0) is 4.79 Å². The lowest BCUT2D eigenvalue weighted by molar-refractivity contribution is -0.384. The molecule has 0 spiro atoms. The van der Waals surface area contributed by atoms with E-state index >= 15 is 0 Å². The van der Waals surface area contributed by atoms with Gasteiger partial charge in [0, 0.05) is 24.3 Å². The number of carbonyl (C=O) groups excluding carboxylic acids is 2. The topological polar surface area (TPSA) is 113 Å². The van der Waals surface area contributed by atoms with E-state index in [2.05, 4.69) is 5.43 Å². The van der Waals surface area contributed by atoms with E-state index < -0.39 is 22.8 Å². The molecule has 0 saturated carbocycles. The van der Waals surface area contributed by atoms with Crippen molar-refractivity contribution in [2.75, 3.05) is 6.61 Å². The lowest BCUT2D eigenvalue weighted by Crippen LogP contribution is -2.42. The molecule has 1 saturated heterocycles. The second-order valence-corrected chi connectivity index (χ2v) is 4.81. The summed E-state index contributed by atoms with van der Waals surface area (Å²) in [5.74, 6) is -1.21. The van der Waals surface area contributed by atoms with Crippen molar-refractivity contribution in [1.29, 1.82) is 0 Å². The van der Waals surface area contributed by atoms with Gasteiger partial charge in [-0.1, -0.05) is 0 Å². The fraction of sp³-hybridized carbons (Fsp3) is 0.385. The Morgan fingerprint density at radius 3 is 2.57 bits per heavy atom. The van der Waals surface area contributed by atoms with Crippen molar-refractivity contribution in [3.8, 4) is 0 Å². The van der Waals surface area contributed by atoms with Crippen LogP contribution >= 0.6 is 0 Å². The molecule has 2 N–H and O–H groups in total. The molecule has 8 nitrogen and oxygen atoms in total. The van der Waals surface area contributed by atoms with Gasteiger partial charge in [0.1, 0.15) is 0 Å². The summed E-state index contributed by atoms with van der Waals surface area (Å²) in [6, 6.07) is 4.77. The maximum absolute atomic E-state index is 12.3. The van der Waals surface area contributed by atoms with Gasteiger partial charge in [-0.2, -0.15) is 0 Å². The minimum atomic E-state index is -0.550. The zero-order chi connectivity index (χ0) is 15.6. The molecule has 1 aromatic carbocycles. The van der Waals surface area contributed by atoms with Crippen LogP contribution in [-0.4, -0.2) is 39.5 Å². The van der Waals surface area contributed by atoms with E-state index in [0.29, 0.717) is 0 Å². The molecular formula is C13H15N3O5. The first-order chi connectivity index (χ1) is 9.95. The average molecular weight is 293 g/mol. The fourth-order valence-electron chi connectivity index (χ4n) is 2.31. The summed E-state index contributed by atoms with van der Waals surface area (Å²) in [5, 5.41) is 20.7. The molecule has 2 amide bonds. The Morgan fingerprint density at radius 1 is 1.43 bits per heavy atom. The first-order valence-electron chi connectivity index (χ1n) is 6.45. The Bertz CT molecular complexity index is 572. The van der Waals surface area contributed by atoms with E-state index in [1.807, 2.05) is 0 Å². The largest absolute Gasteiger partial charge is 0.396 e. The Balaban J connectivity index is 2.16. The standard InChI is InChI=1S/C13H15N3O5/c1-8-11(6-7-17)12(18)14-15(8)13(19)9-2-4-10(5-3-9)16(20)21/h2-5,8,11,17H,6-7H2,1H3,(H,14,18). The second kappa shape index (κ2) is 5.88. The van der Waals surface area contributed by atoms with Crippen molar-refractivity contribution in [3.05, 3.63) is 39.9 Å². The van der Waals surface area contributed by atoms with Crippen LogP contribution < -0.4 is 5.43 Å².